The normalized spacial score (nSPS) is 16.2. The highest BCUT2D eigenvalue weighted by atomic mass is 32.3. The van der Waals surface area contributed by atoms with Gasteiger partial charge in [-0.25, -0.2) is 0 Å². The zero-order chi connectivity index (χ0) is 11.1. The molecule has 0 aliphatic heterocycles. The molecule has 15 heavy (non-hydrogen) atoms. The number of hydrogen-bond acceptors (Lipinski definition) is 3. The number of Topliss-reactive ketones (excluding diaryl/α,β-unsaturated/α-hetero) is 1. The van der Waals surface area contributed by atoms with E-state index >= 15 is 0 Å². The second-order valence-electron chi connectivity index (χ2n) is 3.53. The Kier molecular flexibility index (Phi) is 2.34. The van der Waals surface area contributed by atoms with Crippen LogP contribution in [-0.2, 0) is 16.6 Å². The molecule has 80 valence electrons. The Balaban J connectivity index is 2.56. The standard InChI is InChI=1S/C10H9FO3S/c11-15(13,14)8-4-5-9-7(6-8)2-1-3-10(9)12/h4-6H,1-3H2. The molecule has 3 nitrogen and oxygen atoms in total. The first-order valence-corrected chi connectivity index (χ1v) is 5.97. The van der Waals surface area contributed by atoms with E-state index in [1.54, 1.807) is 0 Å². The Bertz CT molecular complexity index is 519. The lowest BCUT2D eigenvalue weighted by Gasteiger charge is -2.14. The van der Waals surface area contributed by atoms with E-state index in [2.05, 4.69) is 0 Å². The van der Waals surface area contributed by atoms with Crippen molar-refractivity contribution in [1.29, 1.82) is 0 Å². The van der Waals surface area contributed by atoms with Gasteiger partial charge in [-0.2, -0.15) is 8.42 Å². The van der Waals surface area contributed by atoms with Crippen LogP contribution in [0.1, 0.15) is 28.8 Å². The summed E-state index contributed by atoms with van der Waals surface area (Å²) in [5.74, 6) is -0.000874. The number of halogens is 1. The second-order valence-corrected chi connectivity index (χ2v) is 4.88. The number of benzene rings is 1. The van der Waals surface area contributed by atoms with E-state index in [9.17, 15) is 17.1 Å². The van der Waals surface area contributed by atoms with Crippen molar-refractivity contribution in [3.05, 3.63) is 29.3 Å². The second kappa shape index (κ2) is 3.41. The molecule has 1 aromatic carbocycles. The van der Waals surface area contributed by atoms with Crippen LogP contribution < -0.4 is 0 Å². The smallest absolute Gasteiger partial charge is 0.294 e. The van der Waals surface area contributed by atoms with Crippen LogP contribution in [0.5, 0.6) is 0 Å². The zero-order valence-electron chi connectivity index (χ0n) is 7.86. The molecule has 1 aliphatic carbocycles. The summed E-state index contributed by atoms with van der Waals surface area (Å²) in [6, 6.07) is 3.78. The monoisotopic (exact) mass is 228 g/mol. The largest absolute Gasteiger partial charge is 0.332 e. The molecule has 0 fully saturated rings. The van der Waals surface area contributed by atoms with Crippen molar-refractivity contribution in [2.45, 2.75) is 24.2 Å². The molecule has 0 unspecified atom stereocenters. The molecule has 1 aliphatic rings. The predicted octanol–water partition coefficient (Wildman–Crippen LogP) is 1.86. The Morgan fingerprint density at radius 1 is 1.20 bits per heavy atom. The Hall–Kier alpha value is -1.23. The summed E-state index contributed by atoms with van der Waals surface area (Å²) < 4.78 is 34.0. The van der Waals surface area contributed by atoms with Crippen LogP contribution in [0.2, 0.25) is 0 Å². The average Bonchev–Trinajstić information content (AvgIpc) is 2.16. The van der Waals surface area contributed by atoms with E-state index in [0.29, 0.717) is 30.4 Å². The number of fused-ring (bicyclic) bond motifs is 1. The Morgan fingerprint density at radius 3 is 2.60 bits per heavy atom. The summed E-state index contributed by atoms with van der Waals surface area (Å²) in [7, 11) is -4.67. The molecule has 2 rings (SSSR count). The molecule has 0 spiro atoms. The highest BCUT2D eigenvalue weighted by Gasteiger charge is 2.20. The summed E-state index contributed by atoms with van der Waals surface area (Å²) in [6.45, 7) is 0. The molecule has 1 aromatic rings. The topological polar surface area (TPSA) is 51.2 Å². The number of rotatable bonds is 1. The minimum atomic E-state index is -4.67. The zero-order valence-corrected chi connectivity index (χ0v) is 8.68. The predicted molar refractivity (Wildman–Crippen MR) is 52.0 cm³/mol. The number of carbonyl (C=O) groups excluding carboxylic acids is 1. The van der Waals surface area contributed by atoms with Crippen LogP contribution in [0.25, 0.3) is 0 Å². The van der Waals surface area contributed by atoms with Crippen molar-refractivity contribution in [3.63, 3.8) is 0 Å². The average molecular weight is 228 g/mol. The van der Waals surface area contributed by atoms with Gasteiger partial charge < -0.3 is 0 Å². The number of aryl methyl sites for hydroxylation is 1. The van der Waals surface area contributed by atoms with Gasteiger partial charge in [0.15, 0.2) is 5.78 Å². The van der Waals surface area contributed by atoms with Gasteiger partial charge >= 0.3 is 10.2 Å². The quantitative estimate of drug-likeness (QED) is 0.689. The minimum Gasteiger partial charge on any atom is -0.294 e. The van der Waals surface area contributed by atoms with Crippen LogP contribution in [0.15, 0.2) is 23.1 Å². The van der Waals surface area contributed by atoms with E-state index in [-0.39, 0.29) is 10.7 Å². The van der Waals surface area contributed by atoms with Crippen LogP contribution in [0.4, 0.5) is 3.89 Å². The van der Waals surface area contributed by atoms with E-state index in [4.69, 9.17) is 0 Å². The lowest BCUT2D eigenvalue weighted by Crippen LogP contribution is -2.11. The summed E-state index contributed by atoms with van der Waals surface area (Å²) in [5, 5.41) is 0. The lowest BCUT2D eigenvalue weighted by atomic mass is 9.91. The number of carbonyl (C=O) groups is 1. The number of ketones is 1. The fourth-order valence-electron chi connectivity index (χ4n) is 1.77. The van der Waals surface area contributed by atoms with Crippen molar-refractivity contribution >= 4 is 16.0 Å². The molecule has 0 aromatic heterocycles. The first kappa shape index (κ1) is 10.3. The molecule has 0 atom stereocenters. The van der Waals surface area contributed by atoms with Gasteiger partial charge in [0.05, 0.1) is 4.90 Å². The van der Waals surface area contributed by atoms with Crippen molar-refractivity contribution in [1.82, 2.24) is 0 Å². The molecule has 0 N–H and O–H groups in total. The minimum absolute atomic E-state index is 0.000874. The van der Waals surface area contributed by atoms with E-state index in [1.165, 1.54) is 12.1 Å². The molecule has 5 heteroatoms. The third kappa shape index (κ3) is 1.92. The van der Waals surface area contributed by atoms with Crippen LogP contribution in [-0.4, -0.2) is 14.2 Å². The maximum Gasteiger partial charge on any atom is 0.332 e. The van der Waals surface area contributed by atoms with Crippen LogP contribution in [0, 0.1) is 0 Å². The van der Waals surface area contributed by atoms with Gasteiger partial charge in [-0.3, -0.25) is 4.79 Å². The molecule has 0 bridgehead atoms. The molecule has 0 amide bonds. The van der Waals surface area contributed by atoms with Gasteiger partial charge in [-0.15, -0.1) is 3.89 Å². The SMILES string of the molecule is O=C1CCCc2cc(S(=O)(=O)F)ccc21. The van der Waals surface area contributed by atoms with E-state index in [0.717, 1.165) is 6.07 Å². The molecular weight excluding hydrogens is 219 g/mol. The molecule has 0 heterocycles. The van der Waals surface area contributed by atoms with Crippen molar-refractivity contribution in [2.24, 2.45) is 0 Å². The first-order chi connectivity index (χ1) is 6.98. The highest BCUT2D eigenvalue weighted by Crippen LogP contribution is 2.24. The van der Waals surface area contributed by atoms with Gasteiger partial charge in [0, 0.05) is 12.0 Å². The summed E-state index contributed by atoms with van der Waals surface area (Å²) >= 11 is 0. The third-order valence-corrected chi connectivity index (χ3v) is 3.33. The first-order valence-electron chi connectivity index (χ1n) is 4.59. The van der Waals surface area contributed by atoms with Gasteiger partial charge in [0.25, 0.3) is 0 Å². The maximum absolute atomic E-state index is 12.7. The van der Waals surface area contributed by atoms with E-state index < -0.39 is 10.2 Å². The molecular formula is C10H9FO3S. The molecule has 0 saturated heterocycles. The Morgan fingerprint density at radius 2 is 1.93 bits per heavy atom. The van der Waals surface area contributed by atoms with Gasteiger partial charge in [0.1, 0.15) is 0 Å². The van der Waals surface area contributed by atoms with Gasteiger partial charge in [-0.1, -0.05) is 0 Å². The van der Waals surface area contributed by atoms with Gasteiger partial charge in [0.2, 0.25) is 0 Å². The fraction of sp³-hybridized carbons (Fsp3) is 0.300. The summed E-state index contributed by atoms with van der Waals surface area (Å²) in [5.41, 5.74) is 1.15. The summed E-state index contributed by atoms with van der Waals surface area (Å²) in [6.07, 6.45) is 1.81. The molecule has 0 saturated carbocycles. The fourth-order valence-corrected chi connectivity index (χ4v) is 2.29. The maximum atomic E-state index is 12.7. The Labute approximate surface area is 87.1 Å². The van der Waals surface area contributed by atoms with Crippen LogP contribution >= 0.6 is 0 Å². The highest BCUT2D eigenvalue weighted by molar-refractivity contribution is 7.86. The third-order valence-electron chi connectivity index (χ3n) is 2.51. The molecule has 0 radical (unpaired) electrons. The van der Waals surface area contributed by atoms with E-state index in [1.807, 2.05) is 0 Å². The number of hydrogen-bond donors (Lipinski definition) is 0. The lowest BCUT2D eigenvalue weighted by molar-refractivity contribution is 0.0972. The summed E-state index contributed by atoms with van der Waals surface area (Å²) in [4.78, 5) is 11.0. The van der Waals surface area contributed by atoms with Crippen molar-refractivity contribution in [2.75, 3.05) is 0 Å². The van der Waals surface area contributed by atoms with Gasteiger partial charge in [-0.05, 0) is 36.6 Å². The van der Waals surface area contributed by atoms with Crippen molar-refractivity contribution < 1.29 is 17.1 Å². The van der Waals surface area contributed by atoms with Crippen LogP contribution in [0.3, 0.4) is 0 Å². The van der Waals surface area contributed by atoms with Crippen molar-refractivity contribution in [3.8, 4) is 0 Å².